The fraction of sp³-hybridized carbons (Fsp3) is 0.400. The molecule has 0 amide bonds. The molecule has 0 aromatic heterocycles. The van der Waals surface area contributed by atoms with Crippen LogP contribution in [0.4, 0.5) is 5.69 Å². The van der Waals surface area contributed by atoms with Crippen LogP contribution in [-0.4, -0.2) is 28.8 Å². The van der Waals surface area contributed by atoms with Gasteiger partial charge in [-0.05, 0) is 54.9 Å². The highest BCUT2D eigenvalue weighted by molar-refractivity contribution is 5.85. The molecule has 0 bridgehead atoms. The lowest BCUT2D eigenvalue weighted by Crippen LogP contribution is -2.45. The van der Waals surface area contributed by atoms with Crippen molar-refractivity contribution in [3.63, 3.8) is 0 Å². The molecule has 3 N–H and O–H groups in total. The van der Waals surface area contributed by atoms with Crippen LogP contribution < -0.4 is 10.5 Å². The zero-order chi connectivity index (χ0) is 18.5. The van der Waals surface area contributed by atoms with Crippen LogP contribution in [0.5, 0.6) is 5.75 Å². The summed E-state index contributed by atoms with van der Waals surface area (Å²) in [5.41, 5.74) is 8.52. The lowest BCUT2D eigenvalue weighted by Gasteiger charge is -2.27. The van der Waals surface area contributed by atoms with E-state index in [0.29, 0.717) is 12.2 Å². The maximum atomic E-state index is 11.0. The van der Waals surface area contributed by atoms with Crippen molar-refractivity contribution in [3.05, 3.63) is 69.8 Å². The van der Waals surface area contributed by atoms with Gasteiger partial charge in [-0.3, -0.25) is 10.1 Å². The average Bonchev–Trinajstić information content (AvgIpc) is 2.88. The van der Waals surface area contributed by atoms with E-state index in [-0.39, 0.29) is 35.5 Å². The van der Waals surface area contributed by atoms with Gasteiger partial charge in [-0.25, -0.2) is 0 Å². The van der Waals surface area contributed by atoms with E-state index in [0.717, 1.165) is 30.4 Å². The van der Waals surface area contributed by atoms with E-state index < -0.39 is 12.1 Å². The Labute approximate surface area is 164 Å². The molecule has 0 saturated heterocycles. The van der Waals surface area contributed by atoms with Gasteiger partial charge in [0.25, 0.3) is 5.69 Å². The van der Waals surface area contributed by atoms with E-state index in [4.69, 9.17) is 10.5 Å². The Morgan fingerprint density at radius 3 is 2.67 bits per heavy atom. The zero-order valence-corrected chi connectivity index (χ0v) is 15.8. The number of aryl methyl sites for hydroxylation is 1. The minimum Gasteiger partial charge on any atom is -0.491 e. The van der Waals surface area contributed by atoms with Gasteiger partial charge in [0.15, 0.2) is 0 Å². The maximum Gasteiger partial charge on any atom is 0.269 e. The van der Waals surface area contributed by atoms with Crippen molar-refractivity contribution in [3.8, 4) is 5.75 Å². The smallest absolute Gasteiger partial charge is 0.269 e. The molecule has 6 nitrogen and oxygen atoms in total. The second kappa shape index (κ2) is 9.69. The number of hydrogen-bond acceptors (Lipinski definition) is 5. The minimum absolute atomic E-state index is 0. The van der Waals surface area contributed by atoms with E-state index in [9.17, 15) is 15.2 Å². The van der Waals surface area contributed by atoms with Crippen molar-refractivity contribution in [2.75, 3.05) is 6.61 Å². The summed E-state index contributed by atoms with van der Waals surface area (Å²) in [5, 5.41) is 21.5. The first-order chi connectivity index (χ1) is 12.5. The molecule has 3 rings (SSSR count). The van der Waals surface area contributed by atoms with Gasteiger partial charge in [0, 0.05) is 18.2 Å². The SMILES string of the molecule is Cl.NC(C1CCCc2ccc([N+](=O)[O-])cc2C1)[C@H](O)COc1ccccc1. The summed E-state index contributed by atoms with van der Waals surface area (Å²) >= 11 is 0. The van der Waals surface area contributed by atoms with E-state index in [2.05, 4.69) is 0 Å². The van der Waals surface area contributed by atoms with Gasteiger partial charge in [0.1, 0.15) is 18.5 Å². The molecule has 2 unspecified atom stereocenters. The Morgan fingerprint density at radius 1 is 1.22 bits per heavy atom. The predicted molar refractivity (Wildman–Crippen MR) is 106 cm³/mol. The number of non-ortho nitro benzene ring substituents is 1. The number of hydrogen-bond donors (Lipinski definition) is 2. The number of aliphatic hydroxyl groups is 1. The molecule has 2 aromatic rings. The summed E-state index contributed by atoms with van der Waals surface area (Å²) in [6.07, 6.45) is 2.57. The largest absolute Gasteiger partial charge is 0.491 e. The number of aliphatic hydroxyl groups excluding tert-OH is 1. The molecule has 0 heterocycles. The quantitative estimate of drug-likeness (QED) is 0.446. The molecule has 0 saturated carbocycles. The first-order valence-electron chi connectivity index (χ1n) is 8.92. The van der Waals surface area contributed by atoms with E-state index >= 15 is 0 Å². The van der Waals surface area contributed by atoms with Crippen LogP contribution in [-0.2, 0) is 12.8 Å². The topological polar surface area (TPSA) is 98.6 Å². The maximum absolute atomic E-state index is 11.0. The number of nitro groups is 1. The molecule has 0 radical (unpaired) electrons. The van der Waals surface area contributed by atoms with E-state index in [1.165, 1.54) is 0 Å². The lowest BCUT2D eigenvalue weighted by molar-refractivity contribution is -0.384. The van der Waals surface area contributed by atoms with Crippen LogP contribution in [0.25, 0.3) is 0 Å². The van der Waals surface area contributed by atoms with Crippen molar-refractivity contribution >= 4 is 18.1 Å². The first-order valence-corrected chi connectivity index (χ1v) is 8.92. The number of nitrogens with zero attached hydrogens (tertiary/aromatic N) is 1. The zero-order valence-electron chi connectivity index (χ0n) is 15.0. The highest BCUT2D eigenvalue weighted by Crippen LogP contribution is 2.29. The molecule has 2 aromatic carbocycles. The number of halogens is 1. The summed E-state index contributed by atoms with van der Waals surface area (Å²) in [5.74, 6) is 0.758. The molecule has 1 aliphatic carbocycles. The number of para-hydroxylation sites is 1. The third kappa shape index (κ3) is 5.42. The fourth-order valence-corrected chi connectivity index (χ4v) is 3.55. The Morgan fingerprint density at radius 2 is 1.96 bits per heavy atom. The Kier molecular flexibility index (Phi) is 7.59. The van der Waals surface area contributed by atoms with Crippen LogP contribution >= 0.6 is 12.4 Å². The molecule has 27 heavy (non-hydrogen) atoms. The summed E-state index contributed by atoms with van der Waals surface area (Å²) in [4.78, 5) is 10.7. The summed E-state index contributed by atoms with van der Waals surface area (Å²) < 4.78 is 5.61. The Balaban J connectivity index is 0.00000261. The fourth-order valence-electron chi connectivity index (χ4n) is 3.55. The minimum atomic E-state index is -0.791. The van der Waals surface area contributed by atoms with Gasteiger partial charge >= 0.3 is 0 Å². The Bertz CT molecular complexity index is 757. The summed E-state index contributed by atoms with van der Waals surface area (Å²) in [7, 11) is 0. The second-order valence-electron chi connectivity index (χ2n) is 6.84. The number of benzene rings is 2. The third-order valence-corrected chi connectivity index (χ3v) is 5.06. The van der Waals surface area contributed by atoms with Gasteiger partial charge in [0.2, 0.25) is 0 Å². The molecule has 146 valence electrons. The van der Waals surface area contributed by atoms with Gasteiger partial charge in [-0.1, -0.05) is 24.3 Å². The van der Waals surface area contributed by atoms with Crippen LogP contribution in [0, 0.1) is 16.0 Å². The van der Waals surface area contributed by atoms with Gasteiger partial charge in [0.05, 0.1) is 4.92 Å². The predicted octanol–water partition coefficient (Wildman–Crippen LogP) is 3.28. The van der Waals surface area contributed by atoms with Gasteiger partial charge in [-0.15, -0.1) is 12.4 Å². The number of ether oxygens (including phenoxy) is 1. The molecule has 0 spiro atoms. The van der Waals surface area contributed by atoms with Crippen LogP contribution in [0.3, 0.4) is 0 Å². The average molecular weight is 393 g/mol. The number of fused-ring (bicyclic) bond motifs is 1. The van der Waals surface area contributed by atoms with E-state index in [1.54, 1.807) is 12.1 Å². The normalized spacial score (nSPS) is 18.4. The number of nitrogens with two attached hydrogens (primary N) is 1. The molecule has 0 fully saturated rings. The monoisotopic (exact) mass is 392 g/mol. The van der Waals surface area contributed by atoms with Crippen molar-refractivity contribution in [1.29, 1.82) is 0 Å². The van der Waals surface area contributed by atoms with Crippen molar-refractivity contribution in [1.82, 2.24) is 0 Å². The first kappa shape index (κ1) is 21.2. The van der Waals surface area contributed by atoms with Gasteiger partial charge in [-0.2, -0.15) is 0 Å². The molecule has 0 aliphatic heterocycles. The van der Waals surface area contributed by atoms with Crippen LogP contribution in [0.1, 0.15) is 24.0 Å². The third-order valence-electron chi connectivity index (χ3n) is 5.06. The number of nitro benzene ring substituents is 1. The molecular weight excluding hydrogens is 368 g/mol. The van der Waals surface area contributed by atoms with E-state index in [1.807, 2.05) is 36.4 Å². The number of rotatable bonds is 6. The standard InChI is InChI=1S/C20H24N2O4.ClH/c21-20(19(23)13-26-18-7-2-1-3-8-18)15-6-4-5-14-9-10-17(22(24)25)12-16(14)11-15;/h1-3,7-10,12,15,19-20,23H,4-6,11,13,21H2;1H/t15?,19-,20?;/m1./s1. The molecule has 7 heteroatoms. The highest BCUT2D eigenvalue weighted by Gasteiger charge is 2.28. The van der Waals surface area contributed by atoms with Crippen LogP contribution in [0.15, 0.2) is 48.5 Å². The summed E-state index contributed by atoms with van der Waals surface area (Å²) in [6.45, 7) is 0.128. The summed E-state index contributed by atoms with van der Waals surface area (Å²) in [6, 6.07) is 13.9. The Hall–Kier alpha value is -2.15. The second-order valence-corrected chi connectivity index (χ2v) is 6.84. The van der Waals surface area contributed by atoms with Crippen molar-refractivity contribution < 1.29 is 14.8 Å². The molecule has 1 aliphatic rings. The molecular formula is C20H25ClN2O4. The van der Waals surface area contributed by atoms with Crippen molar-refractivity contribution in [2.45, 2.75) is 37.8 Å². The molecule has 3 atom stereocenters. The van der Waals surface area contributed by atoms with Gasteiger partial charge < -0.3 is 15.6 Å². The lowest BCUT2D eigenvalue weighted by atomic mass is 9.87. The highest BCUT2D eigenvalue weighted by atomic mass is 35.5. The van der Waals surface area contributed by atoms with Crippen LogP contribution in [0.2, 0.25) is 0 Å². The van der Waals surface area contributed by atoms with Crippen molar-refractivity contribution in [2.24, 2.45) is 11.7 Å².